The monoisotopic (exact) mass is 368 g/mol. The number of hydrogen-bond donors (Lipinski definition) is 2. The number of ether oxygens (including phenoxy) is 2. The maximum Gasteiger partial charge on any atom is 0.244 e. The van der Waals surface area contributed by atoms with E-state index in [-0.39, 0.29) is 18.4 Å². The Kier molecular flexibility index (Phi) is 5.80. The molecular formula is C20H24N4O3. The number of nitrogens with one attached hydrogen (secondary N) is 1. The molecule has 0 atom stereocenters. The van der Waals surface area contributed by atoms with Crippen LogP contribution in [0.5, 0.6) is 11.5 Å². The van der Waals surface area contributed by atoms with Crippen LogP contribution < -0.4 is 20.5 Å². The molecule has 1 heterocycles. The maximum absolute atomic E-state index is 12.4. The highest BCUT2D eigenvalue weighted by Crippen LogP contribution is 2.29. The van der Waals surface area contributed by atoms with Gasteiger partial charge in [-0.3, -0.25) is 4.79 Å². The molecular weight excluding hydrogens is 344 g/mol. The molecule has 2 aromatic carbocycles. The first-order valence-corrected chi connectivity index (χ1v) is 8.74. The van der Waals surface area contributed by atoms with Crippen LogP contribution in [0.15, 0.2) is 47.5 Å². The molecule has 0 bridgehead atoms. The number of hydrogen-bond acceptors (Lipinski definition) is 4. The van der Waals surface area contributed by atoms with E-state index in [4.69, 9.17) is 15.2 Å². The summed E-state index contributed by atoms with van der Waals surface area (Å²) in [5.74, 6) is 1.34. The normalized spacial score (nSPS) is 13.7. The van der Waals surface area contributed by atoms with E-state index < -0.39 is 0 Å². The van der Waals surface area contributed by atoms with Gasteiger partial charge in [0, 0.05) is 24.8 Å². The Bertz CT molecular complexity index is 851. The number of methoxy groups -OCH3 is 2. The van der Waals surface area contributed by atoms with Gasteiger partial charge in [0.1, 0.15) is 6.54 Å². The molecule has 3 rings (SSSR count). The second-order valence-corrected chi connectivity index (χ2v) is 6.23. The lowest BCUT2D eigenvalue weighted by Gasteiger charge is -2.28. The molecule has 0 saturated heterocycles. The Morgan fingerprint density at radius 2 is 1.89 bits per heavy atom. The molecule has 1 aliphatic rings. The topological polar surface area (TPSA) is 89.2 Å². The number of benzene rings is 2. The Balaban J connectivity index is 1.58. The van der Waals surface area contributed by atoms with Gasteiger partial charge in [0.05, 0.1) is 14.2 Å². The van der Waals surface area contributed by atoms with E-state index in [1.165, 1.54) is 11.1 Å². The van der Waals surface area contributed by atoms with Crippen molar-refractivity contribution in [3.63, 3.8) is 0 Å². The number of rotatable bonds is 5. The van der Waals surface area contributed by atoms with Crippen molar-refractivity contribution in [1.29, 1.82) is 0 Å². The van der Waals surface area contributed by atoms with Gasteiger partial charge in [0.15, 0.2) is 17.5 Å². The van der Waals surface area contributed by atoms with Crippen LogP contribution in [0.25, 0.3) is 0 Å². The number of amides is 1. The van der Waals surface area contributed by atoms with Crippen molar-refractivity contribution in [2.24, 2.45) is 10.7 Å². The highest BCUT2D eigenvalue weighted by molar-refractivity contribution is 5.94. The van der Waals surface area contributed by atoms with Gasteiger partial charge < -0.3 is 25.4 Å². The quantitative estimate of drug-likeness (QED) is 0.623. The third kappa shape index (κ3) is 4.49. The predicted octanol–water partition coefficient (Wildman–Crippen LogP) is 2.02. The van der Waals surface area contributed by atoms with Crippen molar-refractivity contribution >= 4 is 17.6 Å². The molecule has 27 heavy (non-hydrogen) atoms. The lowest BCUT2D eigenvalue weighted by atomic mass is 10.00. The lowest BCUT2D eigenvalue weighted by molar-refractivity contribution is -0.130. The fourth-order valence-corrected chi connectivity index (χ4v) is 3.06. The lowest BCUT2D eigenvalue weighted by Crippen LogP contribution is -2.38. The summed E-state index contributed by atoms with van der Waals surface area (Å²) < 4.78 is 10.5. The number of nitrogens with two attached hydrogens (primary N) is 1. The van der Waals surface area contributed by atoms with E-state index in [2.05, 4.69) is 22.4 Å². The van der Waals surface area contributed by atoms with Gasteiger partial charge >= 0.3 is 0 Å². The van der Waals surface area contributed by atoms with Gasteiger partial charge in [-0.2, -0.15) is 0 Å². The molecule has 7 heteroatoms. The van der Waals surface area contributed by atoms with E-state index in [0.717, 1.165) is 6.42 Å². The Labute approximate surface area is 158 Å². The number of fused-ring (bicyclic) bond motifs is 1. The number of anilines is 1. The van der Waals surface area contributed by atoms with E-state index in [1.807, 2.05) is 17.0 Å². The fraction of sp³-hybridized carbons (Fsp3) is 0.300. The second kappa shape index (κ2) is 8.44. The molecule has 1 aliphatic heterocycles. The molecule has 7 nitrogen and oxygen atoms in total. The third-order valence-electron chi connectivity index (χ3n) is 4.52. The van der Waals surface area contributed by atoms with Crippen molar-refractivity contribution < 1.29 is 14.3 Å². The number of carbonyl (C=O) groups is 1. The number of nitrogens with zero attached hydrogens (tertiary/aromatic N) is 2. The van der Waals surface area contributed by atoms with Crippen molar-refractivity contribution in [2.45, 2.75) is 13.0 Å². The summed E-state index contributed by atoms with van der Waals surface area (Å²) in [4.78, 5) is 18.4. The zero-order valence-electron chi connectivity index (χ0n) is 15.6. The average molecular weight is 368 g/mol. The molecule has 142 valence electrons. The minimum absolute atomic E-state index is 0.00822. The average Bonchev–Trinajstić information content (AvgIpc) is 2.71. The first kappa shape index (κ1) is 18.6. The van der Waals surface area contributed by atoms with Crippen LogP contribution in [-0.2, 0) is 17.8 Å². The largest absolute Gasteiger partial charge is 0.493 e. The van der Waals surface area contributed by atoms with E-state index in [0.29, 0.717) is 30.3 Å². The zero-order chi connectivity index (χ0) is 19.2. The van der Waals surface area contributed by atoms with Gasteiger partial charge in [-0.1, -0.05) is 24.3 Å². The van der Waals surface area contributed by atoms with Crippen LogP contribution in [0.2, 0.25) is 0 Å². The summed E-state index contributed by atoms with van der Waals surface area (Å²) in [6.45, 7) is 1.33. The summed E-state index contributed by atoms with van der Waals surface area (Å²) in [6.07, 6.45) is 0.866. The minimum Gasteiger partial charge on any atom is -0.493 e. The van der Waals surface area contributed by atoms with Gasteiger partial charge in [-0.25, -0.2) is 4.99 Å². The van der Waals surface area contributed by atoms with Crippen LogP contribution in [0.3, 0.4) is 0 Å². The standard InChI is InChI=1S/C20H24N4O3/c1-26-17-8-7-16(11-18(17)27-2)23-20(21)22-12-19(25)24-10-9-14-5-3-4-6-15(14)13-24/h3-8,11H,9-10,12-13H2,1-2H3,(H3,21,22,23). The highest BCUT2D eigenvalue weighted by Gasteiger charge is 2.19. The summed E-state index contributed by atoms with van der Waals surface area (Å²) in [7, 11) is 3.14. The molecule has 3 N–H and O–H groups in total. The summed E-state index contributed by atoms with van der Waals surface area (Å²) >= 11 is 0. The molecule has 0 radical (unpaired) electrons. The molecule has 2 aromatic rings. The van der Waals surface area contributed by atoms with E-state index in [1.54, 1.807) is 32.4 Å². The molecule has 1 amide bonds. The molecule has 0 fully saturated rings. The smallest absolute Gasteiger partial charge is 0.244 e. The van der Waals surface area contributed by atoms with Crippen LogP contribution in [0.1, 0.15) is 11.1 Å². The molecule has 0 aliphatic carbocycles. The van der Waals surface area contributed by atoms with Crippen molar-refractivity contribution in [2.75, 3.05) is 32.6 Å². The first-order valence-electron chi connectivity index (χ1n) is 8.74. The number of aliphatic imine (C=N–C) groups is 1. The third-order valence-corrected chi connectivity index (χ3v) is 4.52. The van der Waals surface area contributed by atoms with Crippen LogP contribution in [0, 0.1) is 0 Å². The highest BCUT2D eigenvalue weighted by atomic mass is 16.5. The molecule has 0 saturated carbocycles. The Morgan fingerprint density at radius 3 is 2.63 bits per heavy atom. The van der Waals surface area contributed by atoms with E-state index in [9.17, 15) is 4.79 Å². The van der Waals surface area contributed by atoms with Crippen molar-refractivity contribution in [1.82, 2.24) is 4.90 Å². The minimum atomic E-state index is -0.0402. The fourth-order valence-electron chi connectivity index (χ4n) is 3.06. The van der Waals surface area contributed by atoms with Gasteiger partial charge in [0.25, 0.3) is 0 Å². The van der Waals surface area contributed by atoms with Crippen LogP contribution >= 0.6 is 0 Å². The van der Waals surface area contributed by atoms with Crippen molar-refractivity contribution in [3.05, 3.63) is 53.6 Å². The van der Waals surface area contributed by atoms with Gasteiger partial charge in [-0.15, -0.1) is 0 Å². The van der Waals surface area contributed by atoms with Gasteiger partial charge in [0.2, 0.25) is 5.91 Å². The zero-order valence-corrected chi connectivity index (χ0v) is 15.6. The second-order valence-electron chi connectivity index (χ2n) is 6.23. The summed E-state index contributed by atoms with van der Waals surface area (Å²) in [6, 6.07) is 13.5. The SMILES string of the molecule is COc1ccc(NC(N)=NCC(=O)N2CCc3ccccc3C2)cc1OC. The number of guanidine groups is 1. The van der Waals surface area contributed by atoms with Crippen LogP contribution in [-0.4, -0.2) is 44.1 Å². The maximum atomic E-state index is 12.4. The van der Waals surface area contributed by atoms with Crippen LogP contribution in [0.4, 0.5) is 5.69 Å². The van der Waals surface area contributed by atoms with Crippen molar-refractivity contribution in [3.8, 4) is 11.5 Å². The molecule has 0 spiro atoms. The Morgan fingerprint density at radius 1 is 1.15 bits per heavy atom. The predicted molar refractivity (Wildman–Crippen MR) is 105 cm³/mol. The molecule has 0 aromatic heterocycles. The summed E-state index contributed by atoms with van der Waals surface area (Å²) in [5, 5.41) is 2.96. The number of carbonyl (C=O) groups excluding carboxylic acids is 1. The summed E-state index contributed by atoms with van der Waals surface area (Å²) in [5.41, 5.74) is 9.12. The van der Waals surface area contributed by atoms with Gasteiger partial charge in [-0.05, 0) is 29.7 Å². The molecule has 0 unspecified atom stereocenters. The van der Waals surface area contributed by atoms with E-state index >= 15 is 0 Å². The first-order chi connectivity index (χ1) is 13.1. The Hall–Kier alpha value is -3.22.